The minimum atomic E-state index is 0.341. The fraction of sp³-hybridized carbons (Fsp3) is 0.250. The highest BCUT2D eigenvalue weighted by atomic mass is 32.1. The van der Waals surface area contributed by atoms with Crippen LogP contribution in [0.3, 0.4) is 0 Å². The lowest BCUT2D eigenvalue weighted by Gasteiger charge is -2.06. The summed E-state index contributed by atoms with van der Waals surface area (Å²) >= 11 is 1.58. The van der Waals surface area contributed by atoms with Gasteiger partial charge in [0.1, 0.15) is 5.69 Å². The molecule has 21 heavy (non-hydrogen) atoms. The number of hydrogen-bond donors (Lipinski definition) is 1. The van der Waals surface area contributed by atoms with E-state index in [0.717, 1.165) is 26.7 Å². The van der Waals surface area contributed by atoms with Gasteiger partial charge in [0.25, 0.3) is 0 Å². The van der Waals surface area contributed by atoms with Crippen molar-refractivity contribution in [1.82, 2.24) is 10.1 Å². The van der Waals surface area contributed by atoms with E-state index in [-0.39, 0.29) is 0 Å². The van der Waals surface area contributed by atoms with E-state index < -0.39 is 0 Å². The summed E-state index contributed by atoms with van der Waals surface area (Å²) in [6, 6.07) is 8.37. The van der Waals surface area contributed by atoms with Crippen LogP contribution in [0.15, 0.2) is 35.0 Å². The van der Waals surface area contributed by atoms with Gasteiger partial charge in [0.05, 0.1) is 15.4 Å². The Bertz CT molecular complexity index is 756. The average molecular weight is 299 g/mol. The minimum Gasteiger partial charge on any atom is -0.367 e. The molecule has 3 rings (SSSR count). The molecule has 0 unspecified atom stereocenters. The molecule has 0 aliphatic rings. The lowest BCUT2D eigenvalue weighted by Crippen LogP contribution is -1.89. The van der Waals surface area contributed by atoms with E-state index in [1.165, 1.54) is 5.56 Å². The molecule has 0 atom stereocenters. The quantitative estimate of drug-likeness (QED) is 0.774. The maximum atomic E-state index is 5.97. The van der Waals surface area contributed by atoms with Crippen LogP contribution in [-0.2, 0) is 0 Å². The van der Waals surface area contributed by atoms with E-state index in [0.29, 0.717) is 11.8 Å². The molecule has 0 aliphatic carbocycles. The summed E-state index contributed by atoms with van der Waals surface area (Å²) in [5.74, 6) is 0.843. The van der Waals surface area contributed by atoms with Gasteiger partial charge in [-0.2, -0.15) is 0 Å². The van der Waals surface area contributed by atoms with Crippen molar-refractivity contribution < 1.29 is 4.52 Å². The third-order valence-electron chi connectivity index (χ3n) is 3.44. The lowest BCUT2D eigenvalue weighted by molar-refractivity contribution is 0.439. The second-order valence-corrected chi connectivity index (χ2v) is 6.53. The average Bonchev–Trinajstić information content (AvgIpc) is 3.05. The van der Waals surface area contributed by atoms with Gasteiger partial charge in [0, 0.05) is 6.20 Å². The minimum absolute atomic E-state index is 0.341. The molecule has 5 heteroatoms. The third-order valence-corrected chi connectivity index (χ3v) is 4.36. The molecule has 2 aromatic heterocycles. The fourth-order valence-corrected chi connectivity index (χ4v) is 3.02. The molecular weight excluding hydrogens is 282 g/mol. The molecule has 0 radical (unpaired) electrons. The Morgan fingerprint density at radius 2 is 1.90 bits per heavy atom. The summed E-state index contributed by atoms with van der Waals surface area (Å²) in [7, 11) is 0. The van der Waals surface area contributed by atoms with Crippen LogP contribution in [0.2, 0.25) is 0 Å². The molecule has 0 fully saturated rings. The normalized spacial score (nSPS) is 11.2. The van der Waals surface area contributed by atoms with Crippen molar-refractivity contribution in [2.45, 2.75) is 26.7 Å². The first-order valence-electron chi connectivity index (χ1n) is 6.84. The smallest absolute Gasteiger partial charge is 0.230 e. The zero-order valence-electron chi connectivity index (χ0n) is 12.3. The molecule has 2 heterocycles. The van der Waals surface area contributed by atoms with Gasteiger partial charge in [-0.3, -0.25) is 0 Å². The highest BCUT2D eigenvalue weighted by Gasteiger charge is 2.19. The molecule has 108 valence electrons. The van der Waals surface area contributed by atoms with E-state index in [9.17, 15) is 0 Å². The van der Waals surface area contributed by atoms with Gasteiger partial charge in [0.15, 0.2) is 0 Å². The van der Waals surface area contributed by atoms with Gasteiger partial charge in [0.2, 0.25) is 5.88 Å². The molecule has 1 aromatic carbocycles. The highest BCUT2D eigenvalue weighted by molar-refractivity contribution is 7.15. The van der Waals surface area contributed by atoms with Crippen molar-refractivity contribution in [2.24, 2.45) is 0 Å². The molecule has 0 saturated carbocycles. The number of nitrogen functional groups attached to an aromatic ring is 1. The van der Waals surface area contributed by atoms with Gasteiger partial charge < -0.3 is 10.3 Å². The van der Waals surface area contributed by atoms with Crippen LogP contribution >= 0.6 is 11.3 Å². The van der Waals surface area contributed by atoms with E-state index in [1.54, 1.807) is 11.3 Å². The predicted molar refractivity (Wildman–Crippen MR) is 86.3 cm³/mol. The number of nitrogens with two attached hydrogens (primary N) is 1. The number of aryl methyl sites for hydroxylation is 1. The Morgan fingerprint density at radius 1 is 1.19 bits per heavy atom. The van der Waals surface area contributed by atoms with Crippen LogP contribution in [0, 0.1) is 6.92 Å². The standard InChI is InChI=1S/C16H17N3OS/c1-9(2)11-4-6-12(7-5-11)14-15(19-20-16(14)17)13-8-18-10(3)21-13/h4-9H,17H2,1-3H3. The molecule has 0 bridgehead atoms. The number of thiazole rings is 1. The zero-order valence-corrected chi connectivity index (χ0v) is 13.1. The number of nitrogens with zero attached hydrogens (tertiary/aromatic N) is 2. The van der Waals surface area contributed by atoms with Crippen molar-refractivity contribution in [2.75, 3.05) is 5.73 Å². The largest absolute Gasteiger partial charge is 0.367 e. The van der Waals surface area contributed by atoms with Crippen molar-refractivity contribution in [3.63, 3.8) is 0 Å². The number of aromatic nitrogens is 2. The zero-order chi connectivity index (χ0) is 15.0. The number of anilines is 1. The Hall–Kier alpha value is -2.14. The number of hydrogen-bond acceptors (Lipinski definition) is 5. The van der Waals surface area contributed by atoms with E-state index in [2.05, 4.69) is 48.3 Å². The van der Waals surface area contributed by atoms with Crippen molar-refractivity contribution >= 4 is 17.2 Å². The lowest BCUT2D eigenvalue weighted by atomic mass is 9.98. The van der Waals surface area contributed by atoms with Crippen LogP contribution in [0.1, 0.15) is 30.3 Å². The maximum absolute atomic E-state index is 5.97. The summed E-state index contributed by atoms with van der Waals surface area (Å²) in [5, 5.41) is 5.10. The Labute approximate surface area is 127 Å². The Morgan fingerprint density at radius 3 is 2.48 bits per heavy atom. The van der Waals surface area contributed by atoms with Crippen LogP contribution in [0.4, 0.5) is 5.88 Å². The Balaban J connectivity index is 2.08. The van der Waals surface area contributed by atoms with E-state index in [1.807, 2.05) is 13.1 Å². The summed E-state index contributed by atoms with van der Waals surface area (Å²) in [5.41, 5.74) is 9.88. The Kier molecular flexibility index (Phi) is 3.51. The molecule has 4 nitrogen and oxygen atoms in total. The summed E-state index contributed by atoms with van der Waals surface area (Å²) in [6.07, 6.45) is 1.81. The molecule has 3 aromatic rings. The van der Waals surface area contributed by atoms with Crippen LogP contribution in [0.5, 0.6) is 0 Å². The monoisotopic (exact) mass is 299 g/mol. The highest BCUT2D eigenvalue weighted by Crippen LogP contribution is 2.38. The van der Waals surface area contributed by atoms with Gasteiger partial charge in [-0.15, -0.1) is 11.3 Å². The first-order chi connectivity index (χ1) is 10.1. The van der Waals surface area contributed by atoms with Crippen LogP contribution in [-0.4, -0.2) is 10.1 Å². The third kappa shape index (κ3) is 2.56. The van der Waals surface area contributed by atoms with E-state index in [4.69, 9.17) is 10.3 Å². The first-order valence-corrected chi connectivity index (χ1v) is 7.66. The van der Waals surface area contributed by atoms with Crippen molar-refractivity contribution in [1.29, 1.82) is 0 Å². The van der Waals surface area contributed by atoms with Crippen LogP contribution in [0.25, 0.3) is 21.7 Å². The van der Waals surface area contributed by atoms with E-state index >= 15 is 0 Å². The molecule has 0 aliphatic heterocycles. The second-order valence-electron chi connectivity index (χ2n) is 5.29. The summed E-state index contributed by atoms with van der Waals surface area (Å²) < 4.78 is 5.20. The number of rotatable bonds is 3. The maximum Gasteiger partial charge on any atom is 0.230 e. The van der Waals surface area contributed by atoms with Crippen LogP contribution < -0.4 is 5.73 Å². The second kappa shape index (κ2) is 5.33. The topological polar surface area (TPSA) is 64.9 Å². The summed E-state index contributed by atoms with van der Waals surface area (Å²) in [4.78, 5) is 5.24. The van der Waals surface area contributed by atoms with Gasteiger partial charge in [-0.05, 0) is 24.0 Å². The fourth-order valence-electron chi connectivity index (χ4n) is 2.26. The molecule has 0 saturated heterocycles. The summed E-state index contributed by atoms with van der Waals surface area (Å²) in [6.45, 7) is 6.32. The molecule has 0 spiro atoms. The van der Waals surface area contributed by atoms with Gasteiger partial charge in [-0.1, -0.05) is 43.3 Å². The van der Waals surface area contributed by atoms with Crippen molar-refractivity contribution in [3.8, 4) is 21.7 Å². The molecular formula is C16H17N3OS. The predicted octanol–water partition coefficient (Wildman–Crippen LogP) is 4.48. The van der Waals surface area contributed by atoms with Gasteiger partial charge >= 0.3 is 0 Å². The molecule has 0 amide bonds. The number of benzene rings is 1. The van der Waals surface area contributed by atoms with Crippen molar-refractivity contribution in [3.05, 3.63) is 41.0 Å². The first kappa shape index (κ1) is 13.8. The van der Waals surface area contributed by atoms with Gasteiger partial charge in [-0.25, -0.2) is 4.98 Å². The molecule has 2 N–H and O–H groups in total. The SMILES string of the molecule is Cc1ncc(-c2noc(N)c2-c2ccc(C(C)C)cc2)s1.